The summed E-state index contributed by atoms with van der Waals surface area (Å²) in [7, 11) is 1.98. The summed E-state index contributed by atoms with van der Waals surface area (Å²) in [4.78, 5) is 0. The number of nitrogens with two attached hydrogens (primary N) is 1. The molecule has 0 bridgehead atoms. The lowest BCUT2D eigenvalue weighted by atomic mass is 10.2. The van der Waals surface area contributed by atoms with Crippen molar-refractivity contribution < 1.29 is 9.09 Å². The minimum Gasteiger partial charge on any atom is -0.382 e. The Bertz CT molecular complexity index is 663. The van der Waals surface area contributed by atoms with Gasteiger partial charge in [-0.2, -0.15) is 0 Å². The van der Waals surface area contributed by atoms with Gasteiger partial charge in [0.25, 0.3) is 5.71 Å². The summed E-state index contributed by atoms with van der Waals surface area (Å²) in [5.41, 5.74) is 2.90. The van der Waals surface area contributed by atoms with Crippen LogP contribution in [0.4, 0.5) is 0 Å². The molecule has 2 heterocycles. The van der Waals surface area contributed by atoms with Crippen LogP contribution in [0, 0.1) is 6.92 Å². The van der Waals surface area contributed by atoms with Crippen molar-refractivity contribution in [1.82, 2.24) is 4.57 Å². The third-order valence-electron chi connectivity index (χ3n) is 2.85. The van der Waals surface area contributed by atoms with E-state index >= 15 is 0 Å². The molecule has 0 aliphatic rings. The van der Waals surface area contributed by atoms with Crippen molar-refractivity contribution in [3.05, 3.63) is 30.2 Å². The highest BCUT2D eigenvalue weighted by molar-refractivity contribution is 6.01. The Balaban J connectivity index is 2.68. The molecule has 76 valence electrons. The van der Waals surface area contributed by atoms with Crippen LogP contribution >= 0.6 is 0 Å². The number of aryl methyl sites for hydroxylation is 2. The number of fused-ring (bicyclic) bond motifs is 3. The largest absolute Gasteiger partial charge is 0.382 e. The molecule has 0 unspecified atom stereocenters. The lowest BCUT2D eigenvalue weighted by Gasteiger charge is -1.92. The SMILES string of the molecule is Cc1oc2c(c3ccccc3n2C)[n+]1N. The first-order valence-corrected chi connectivity index (χ1v) is 4.84. The Labute approximate surface area is 86.5 Å². The molecule has 3 aromatic rings. The van der Waals surface area contributed by atoms with Gasteiger partial charge in [-0.15, -0.1) is 0 Å². The summed E-state index contributed by atoms with van der Waals surface area (Å²) >= 11 is 0. The summed E-state index contributed by atoms with van der Waals surface area (Å²) in [5.74, 6) is 6.64. The van der Waals surface area contributed by atoms with Gasteiger partial charge in [0.2, 0.25) is 0 Å². The first kappa shape index (κ1) is 8.35. The van der Waals surface area contributed by atoms with E-state index in [9.17, 15) is 0 Å². The maximum absolute atomic E-state index is 5.93. The summed E-state index contributed by atoms with van der Waals surface area (Å²) < 4.78 is 9.23. The van der Waals surface area contributed by atoms with Crippen LogP contribution in [-0.4, -0.2) is 4.57 Å². The van der Waals surface area contributed by atoms with Gasteiger partial charge in [-0.25, -0.2) is 5.84 Å². The maximum atomic E-state index is 5.93. The van der Waals surface area contributed by atoms with E-state index in [-0.39, 0.29) is 0 Å². The number of aromatic nitrogens is 2. The number of oxazole rings is 1. The second kappa shape index (κ2) is 2.53. The Kier molecular flexibility index (Phi) is 1.41. The number of nitrogen functional groups attached to an aromatic ring is 1. The number of nitrogens with zero attached hydrogens (tertiary/aromatic N) is 2. The molecular formula is C11H12N3O+. The number of para-hydroxylation sites is 1. The number of rotatable bonds is 0. The smallest absolute Gasteiger partial charge is 0.374 e. The van der Waals surface area contributed by atoms with Crippen LogP contribution in [0.3, 0.4) is 0 Å². The van der Waals surface area contributed by atoms with Gasteiger partial charge in [0, 0.05) is 7.05 Å². The molecule has 0 atom stereocenters. The molecule has 0 saturated heterocycles. The van der Waals surface area contributed by atoms with Crippen molar-refractivity contribution in [3.63, 3.8) is 0 Å². The first-order valence-electron chi connectivity index (χ1n) is 4.84. The van der Waals surface area contributed by atoms with Gasteiger partial charge < -0.3 is 8.98 Å². The second-order valence-corrected chi connectivity index (χ2v) is 3.72. The van der Waals surface area contributed by atoms with Crippen molar-refractivity contribution in [2.45, 2.75) is 6.92 Å². The van der Waals surface area contributed by atoms with Crippen LogP contribution < -0.4 is 10.5 Å². The van der Waals surface area contributed by atoms with Gasteiger partial charge in [0.05, 0.1) is 17.8 Å². The van der Waals surface area contributed by atoms with E-state index in [1.807, 2.05) is 30.7 Å². The predicted octanol–water partition coefficient (Wildman–Crippen LogP) is 1.23. The molecule has 0 amide bonds. The molecule has 0 saturated carbocycles. The standard InChI is InChI=1S/C11H12N3O/c1-7-14(12)10-8-5-3-4-6-9(8)13(2)11(10)15-7/h3-6H,12H2,1-2H3/q+1. The van der Waals surface area contributed by atoms with E-state index < -0.39 is 0 Å². The van der Waals surface area contributed by atoms with Gasteiger partial charge in [-0.3, -0.25) is 0 Å². The molecular weight excluding hydrogens is 190 g/mol. The van der Waals surface area contributed by atoms with Crippen molar-refractivity contribution in [2.75, 3.05) is 5.84 Å². The van der Waals surface area contributed by atoms with Gasteiger partial charge in [0.15, 0.2) is 0 Å². The Morgan fingerprint density at radius 1 is 1.33 bits per heavy atom. The van der Waals surface area contributed by atoms with Crippen LogP contribution in [0.15, 0.2) is 28.7 Å². The van der Waals surface area contributed by atoms with Crippen molar-refractivity contribution in [1.29, 1.82) is 0 Å². The highest BCUT2D eigenvalue weighted by atomic mass is 16.4. The second-order valence-electron chi connectivity index (χ2n) is 3.72. The molecule has 0 aliphatic heterocycles. The first-order chi connectivity index (χ1) is 7.20. The maximum Gasteiger partial charge on any atom is 0.374 e. The zero-order valence-electron chi connectivity index (χ0n) is 8.69. The predicted molar refractivity (Wildman–Crippen MR) is 57.8 cm³/mol. The highest BCUT2D eigenvalue weighted by Crippen LogP contribution is 2.25. The van der Waals surface area contributed by atoms with E-state index in [2.05, 4.69) is 12.1 Å². The number of hydrogen-bond donors (Lipinski definition) is 1. The molecule has 15 heavy (non-hydrogen) atoms. The monoisotopic (exact) mass is 202 g/mol. The molecule has 2 aromatic heterocycles. The minimum absolute atomic E-state index is 0.710. The van der Waals surface area contributed by atoms with Crippen LogP contribution in [0.25, 0.3) is 22.1 Å². The lowest BCUT2D eigenvalue weighted by molar-refractivity contribution is -0.623. The molecule has 2 N–H and O–H groups in total. The molecule has 0 spiro atoms. The van der Waals surface area contributed by atoms with Crippen molar-refractivity contribution >= 4 is 22.1 Å². The molecule has 0 fully saturated rings. The topological polar surface area (TPSA) is 48.0 Å². The van der Waals surface area contributed by atoms with Crippen LogP contribution in [0.5, 0.6) is 0 Å². The van der Waals surface area contributed by atoms with Gasteiger partial charge >= 0.3 is 11.4 Å². The Hall–Kier alpha value is -1.97. The number of benzene rings is 1. The van der Waals surface area contributed by atoms with E-state index in [4.69, 9.17) is 10.3 Å². The fourth-order valence-corrected chi connectivity index (χ4v) is 2.05. The average molecular weight is 202 g/mol. The third kappa shape index (κ3) is 0.883. The molecule has 1 aromatic carbocycles. The van der Waals surface area contributed by atoms with Crippen molar-refractivity contribution in [3.8, 4) is 0 Å². The summed E-state index contributed by atoms with van der Waals surface area (Å²) in [5, 5.41) is 1.12. The fraction of sp³-hybridized carbons (Fsp3) is 0.182. The van der Waals surface area contributed by atoms with Crippen LogP contribution in [-0.2, 0) is 7.05 Å². The molecule has 3 rings (SSSR count). The summed E-state index contributed by atoms with van der Waals surface area (Å²) in [6.45, 7) is 1.86. The van der Waals surface area contributed by atoms with E-state index in [0.29, 0.717) is 5.89 Å². The molecule has 0 aliphatic carbocycles. The Morgan fingerprint density at radius 2 is 2.07 bits per heavy atom. The average Bonchev–Trinajstić information content (AvgIpc) is 2.68. The highest BCUT2D eigenvalue weighted by Gasteiger charge is 2.24. The zero-order valence-corrected chi connectivity index (χ0v) is 8.69. The quantitative estimate of drug-likeness (QED) is 0.440. The lowest BCUT2D eigenvalue weighted by Crippen LogP contribution is -2.45. The van der Waals surface area contributed by atoms with E-state index in [0.717, 1.165) is 22.1 Å². The van der Waals surface area contributed by atoms with Gasteiger partial charge in [-0.05, 0) is 16.8 Å². The third-order valence-corrected chi connectivity index (χ3v) is 2.85. The molecule has 0 radical (unpaired) electrons. The summed E-state index contributed by atoms with van der Waals surface area (Å²) in [6.07, 6.45) is 0. The summed E-state index contributed by atoms with van der Waals surface area (Å²) in [6, 6.07) is 8.12. The van der Waals surface area contributed by atoms with Crippen LogP contribution in [0.2, 0.25) is 0 Å². The van der Waals surface area contributed by atoms with E-state index in [1.54, 1.807) is 4.68 Å². The Morgan fingerprint density at radius 3 is 2.87 bits per heavy atom. The van der Waals surface area contributed by atoms with Gasteiger partial charge in [0.1, 0.15) is 0 Å². The van der Waals surface area contributed by atoms with Gasteiger partial charge in [-0.1, -0.05) is 12.1 Å². The minimum atomic E-state index is 0.710. The fourth-order valence-electron chi connectivity index (χ4n) is 2.05. The van der Waals surface area contributed by atoms with E-state index in [1.165, 1.54) is 0 Å². The number of hydrogen-bond acceptors (Lipinski definition) is 2. The zero-order chi connectivity index (χ0) is 10.6. The molecule has 4 heteroatoms. The van der Waals surface area contributed by atoms with Crippen LogP contribution in [0.1, 0.15) is 5.89 Å². The normalized spacial score (nSPS) is 11.6. The van der Waals surface area contributed by atoms with Crippen molar-refractivity contribution in [2.24, 2.45) is 7.05 Å². The molecule has 4 nitrogen and oxygen atoms in total.